The summed E-state index contributed by atoms with van der Waals surface area (Å²) in [4.78, 5) is 0. The van der Waals surface area contributed by atoms with Crippen LogP contribution in [0.1, 0.15) is 0 Å². The molecule has 0 heterocycles. The monoisotopic (exact) mass is 248 g/mol. The fourth-order valence-electron chi connectivity index (χ4n) is 0. The molecule has 5 heteroatoms. The maximum atomic E-state index is 8.68. The average Bonchev–Trinajstić information content (AvgIpc) is 0.811. The summed E-state index contributed by atoms with van der Waals surface area (Å²) >= 11 is -3.76. The van der Waals surface area contributed by atoms with Crippen molar-refractivity contribution in [3.8, 4) is 0 Å². The van der Waals surface area contributed by atoms with Crippen molar-refractivity contribution in [2.24, 2.45) is 0 Å². The predicted molar refractivity (Wildman–Crippen MR) is 12.2 cm³/mol. The van der Waals surface area contributed by atoms with Gasteiger partial charge < -0.3 is 6.87 Å². The van der Waals surface area contributed by atoms with Crippen LogP contribution in [-0.2, 0) is 0 Å². The van der Waals surface area contributed by atoms with Gasteiger partial charge in [0.25, 0.3) is 0 Å². The van der Waals surface area contributed by atoms with Gasteiger partial charge in [-0.3, -0.25) is 0 Å². The minimum atomic E-state index is -3.76. The van der Waals surface area contributed by atoms with Crippen LogP contribution in [0.3, 0.4) is 0 Å². The van der Waals surface area contributed by atoms with Gasteiger partial charge in [-0.2, -0.15) is 0 Å². The van der Waals surface area contributed by atoms with E-state index in [1.54, 1.807) is 0 Å². The molecule has 0 aromatic heterocycles. The molecule has 0 aliphatic heterocycles. The summed E-state index contributed by atoms with van der Waals surface area (Å²) in [7, 11) is 0. The molecule has 0 saturated heterocycles. The van der Waals surface area contributed by atoms with Gasteiger partial charge in [-0.05, 0) is 3.44 Å². The number of hydrogen-bond donors (Lipinski definition) is 1. The second-order valence-electron chi connectivity index (χ2n) is 0.201. The van der Waals surface area contributed by atoms with Crippen molar-refractivity contribution < 1.29 is 31.4 Å². The first-order valence-electron chi connectivity index (χ1n) is 0.478. The van der Waals surface area contributed by atoms with Crippen molar-refractivity contribution in [2.45, 2.75) is 0 Å². The Hall–Kier alpha value is 1.25. The zero-order valence-corrected chi connectivity index (χ0v) is 3.80. The van der Waals surface area contributed by atoms with E-state index in [0.29, 0.717) is 0 Å². The molecular formula is H4GaIO3. The third kappa shape index (κ3) is 35.6. The minimum Gasteiger partial charge on any atom is -0.396 e. The Morgan fingerprint density at radius 2 is 1.40 bits per heavy atom. The summed E-state index contributed by atoms with van der Waals surface area (Å²) in [6, 6.07) is 0. The van der Waals surface area contributed by atoms with Gasteiger partial charge >= 0.3 is 40.9 Å². The first kappa shape index (κ1) is 9.53. The largest absolute Gasteiger partial charge is 0.503 e. The molecule has 0 spiro atoms. The summed E-state index contributed by atoms with van der Waals surface area (Å²) in [6.45, 7) is 0. The summed E-state index contributed by atoms with van der Waals surface area (Å²) in [6.07, 6.45) is 0. The molecule has 0 amide bonds. The van der Waals surface area contributed by atoms with Gasteiger partial charge in [-0.15, -0.1) is 0 Å². The van der Waals surface area contributed by atoms with Crippen LogP contribution in [0.4, 0.5) is 0 Å². The molecule has 0 aliphatic rings. The van der Waals surface area contributed by atoms with E-state index >= 15 is 0 Å². The van der Waals surface area contributed by atoms with Gasteiger partial charge in [0, 0.05) is 0 Å². The smallest absolute Gasteiger partial charge is 0.396 e. The molecule has 0 radical (unpaired) electrons. The molecule has 0 aromatic carbocycles. The molecule has 0 rings (SSSR count). The Morgan fingerprint density at radius 3 is 1.40 bits per heavy atom. The molecule has 0 saturated carbocycles. The molecule has 0 fully saturated rings. The van der Waals surface area contributed by atoms with Gasteiger partial charge in [0.2, 0.25) is 0 Å². The number of rotatable bonds is 0. The number of hydrogen-bond acceptors (Lipinski definition) is 3. The summed E-state index contributed by atoms with van der Waals surface area (Å²) in [5, 5.41) is 0. The minimum absolute atomic E-state index is 0. The number of halogens is 1. The Morgan fingerprint density at radius 1 is 1.40 bits per heavy atom. The summed E-state index contributed by atoms with van der Waals surface area (Å²) in [5.41, 5.74) is 0. The second-order valence-corrected chi connectivity index (χ2v) is 1.35. The van der Waals surface area contributed by atoms with Gasteiger partial charge in [0.05, 0.1) is 0 Å². The zero-order chi connectivity index (χ0) is 3.58. The Balaban J connectivity index is 0. The van der Waals surface area contributed by atoms with Gasteiger partial charge in [0.1, 0.15) is 0 Å². The van der Waals surface area contributed by atoms with Crippen LogP contribution in [0.2, 0.25) is 0 Å². The third-order valence-electron chi connectivity index (χ3n) is 0. The van der Waals surface area contributed by atoms with Crippen molar-refractivity contribution in [1.29, 1.82) is 0 Å². The van der Waals surface area contributed by atoms with Crippen LogP contribution in [0.15, 0.2) is 0 Å². The van der Waals surface area contributed by atoms with Crippen LogP contribution < -0.4 is 27.9 Å². The van der Waals surface area contributed by atoms with E-state index in [1.165, 1.54) is 0 Å². The van der Waals surface area contributed by atoms with E-state index in [4.69, 9.17) is 10.3 Å². The fourth-order valence-corrected chi connectivity index (χ4v) is 0. The molecule has 1 N–H and O–H groups in total. The van der Waals surface area contributed by atoms with Crippen molar-refractivity contribution in [3.63, 3.8) is 0 Å². The first-order chi connectivity index (χ1) is 1.73. The van der Waals surface area contributed by atoms with Crippen molar-refractivity contribution in [3.05, 3.63) is 0 Å². The van der Waals surface area contributed by atoms with E-state index in [0.717, 1.165) is 0 Å². The first-order valence-corrected chi connectivity index (χ1v) is 3.20. The maximum Gasteiger partial charge on any atom is 0.503 e. The van der Waals surface area contributed by atoms with Crippen molar-refractivity contribution >= 4 is 19.8 Å². The zero-order valence-electron chi connectivity index (χ0n) is 1.64. The molecule has 3 nitrogen and oxygen atoms in total. The van der Waals surface area contributed by atoms with Crippen molar-refractivity contribution in [1.82, 2.24) is 0 Å². The van der Waals surface area contributed by atoms with Crippen LogP contribution >= 0.6 is 0 Å². The Bertz CT molecular complexity index is 11.6. The van der Waals surface area contributed by atoms with Crippen LogP contribution in [-0.4, -0.2) is 23.2 Å². The maximum absolute atomic E-state index is 8.68. The van der Waals surface area contributed by atoms with E-state index in [1.807, 2.05) is 0 Å². The van der Waals surface area contributed by atoms with Crippen LogP contribution in [0, 0.1) is 0 Å². The molecule has 0 bridgehead atoms. The van der Waals surface area contributed by atoms with E-state index in [-0.39, 0.29) is 19.8 Å². The summed E-state index contributed by atoms with van der Waals surface area (Å²) < 4.78 is 24.5. The van der Waals surface area contributed by atoms with Gasteiger partial charge in [-0.1, -0.05) is 0 Å². The van der Waals surface area contributed by atoms with Crippen molar-refractivity contribution in [2.75, 3.05) is 0 Å². The van der Waals surface area contributed by atoms with Crippen LogP contribution in [0.5, 0.6) is 0 Å². The van der Waals surface area contributed by atoms with E-state index in [2.05, 4.69) is 0 Å². The van der Waals surface area contributed by atoms with Gasteiger partial charge in [-0.25, -0.2) is 0 Å². The molecule has 0 atom stereocenters. The Labute approximate surface area is 51.1 Å². The topological polar surface area (TPSA) is 66.3 Å². The molecule has 5 heavy (non-hydrogen) atoms. The van der Waals surface area contributed by atoms with Gasteiger partial charge in [0.15, 0.2) is 0 Å². The molecular weight excluding hydrogens is 245 g/mol. The third-order valence-corrected chi connectivity index (χ3v) is 0. The fraction of sp³-hybridized carbons (Fsp3) is 0. The van der Waals surface area contributed by atoms with Crippen LogP contribution in [0.25, 0.3) is 0 Å². The SMILES string of the molecule is [GaH3].[O-][I+2]([O-])O. The molecule has 32 valence electrons. The standard InChI is InChI=1S/Ga.HIO3.3H/c;2-1(3)4;;;/h;2H;;;. The summed E-state index contributed by atoms with van der Waals surface area (Å²) in [5.74, 6) is 0. The normalized spacial score (nSPS) is 7.20. The Kier molecular flexibility index (Phi) is 10.0. The average molecular weight is 249 g/mol. The predicted octanol–water partition coefficient (Wildman–Crippen LogP) is -7.11. The van der Waals surface area contributed by atoms with E-state index < -0.39 is 21.1 Å². The molecule has 0 aliphatic carbocycles. The molecule has 0 unspecified atom stereocenters. The molecule has 0 aromatic rings. The quantitative estimate of drug-likeness (QED) is 0.342. The van der Waals surface area contributed by atoms with E-state index in [9.17, 15) is 0 Å². The second kappa shape index (κ2) is 5.25.